The summed E-state index contributed by atoms with van der Waals surface area (Å²) in [5, 5.41) is 8.60. The maximum Gasteiger partial charge on any atom is 0.303 e. The Kier molecular flexibility index (Phi) is 5.13. The Hall–Kier alpha value is -2.35. The topological polar surface area (TPSA) is 37.3 Å². The number of hydrogen-bond donors (Lipinski definition) is 1. The molecule has 0 amide bonds. The molecule has 2 aromatic rings. The predicted octanol–water partition coefficient (Wildman–Crippen LogP) is 4.62. The quantitative estimate of drug-likeness (QED) is 0.774. The van der Waals surface area contributed by atoms with Crippen molar-refractivity contribution in [3.63, 3.8) is 0 Å². The zero-order valence-corrected chi connectivity index (χ0v) is 11.3. The molecule has 0 saturated heterocycles. The fourth-order valence-corrected chi connectivity index (χ4v) is 2.10. The lowest BCUT2D eigenvalue weighted by Gasteiger charge is -2.05. The van der Waals surface area contributed by atoms with Gasteiger partial charge in [0.25, 0.3) is 0 Å². The third kappa shape index (κ3) is 4.09. The minimum absolute atomic E-state index is 0.227. The van der Waals surface area contributed by atoms with Gasteiger partial charge in [-0.2, -0.15) is 0 Å². The van der Waals surface area contributed by atoms with Crippen LogP contribution >= 0.6 is 0 Å². The number of carboxylic acids is 1. The Labute approximate surface area is 119 Å². The molecule has 0 aromatic heterocycles. The minimum Gasteiger partial charge on any atom is -0.481 e. The number of hydrogen-bond acceptors (Lipinski definition) is 1. The Morgan fingerprint density at radius 3 is 2.45 bits per heavy atom. The third-order valence-corrected chi connectivity index (χ3v) is 3.10. The van der Waals surface area contributed by atoms with Crippen LogP contribution in [-0.2, 0) is 4.79 Å². The Balaban J connectivity index is 2.09. The van der Waals surface area contributed by atoms with E-state index in [2.05, 4.69) is 30.3 Å². The highest BCUT2D eigenvalue weighted by molar-refractivity contribution is 5.75. The number of aliphatic carboxylic acids is 1. The largest absolute Gasteiger partial charge is 0.481 e. The number of unbranched alkanes of at least 4 members (excludes halogenated alkanes) is 1. The molecule has 0 aliphatic heterocycles. The first kappa shape index (κ1) is 14.1. The fraction of sp³-hybridized carbons (Fsp3) is 0.167. The van der Waals surface area contributed by atoms with E-state index in [0.717, 1.165) is 12.0 Å². The third-order valence-electron chi connectivity index (χ3n) is 3.10. The molecule has 0 aliphatic rings. The van der Waals surface area contributed by atoms with Crippen LogP contribution in [0.1, 0.15) is 24.8 Å². The van der Waals surface area contributed by atoms with Gasteiger partial charge in [-0.3, -0.25) is 4.79 Å². The summed E-state index contributed by atoms with van der Waals surface area (Å²) in [4.78, 5) is 10.4. The fourth-order valence-electron chi connectivity index (χ4n) is 2.10. The molecule has 0 bridgehead atoms. The van der Waals surface area contributed by atoms with Crippen molar-refractivity contribution in [3.8, 4) is 11.1 Å². The average Bonchev–Trinajstić information content (AvgIpc) is 2.48. The predicted molar refractivity (Wildman–Crippen MR) is 82.4 cm³/mol. The minimum atomic E-state index is -0.733. The van der Waals surface area contributed by atoms with Crippen molar-refractivity contribution in [2.24, 2.45) is 0 Å². The van der Waals surface area contributed by atoms with Gasteiger partial charge in [-0.25, -0.2) is 0 Å². The Morgan fingerprint density at radius 1 is 1.00 bits per heavy atom. The second-order valence-corrected chi connectivity index (χ2v) is 4.64. The lowest BCUT2D eigenvalue weighted by Crippen LogP contribution is -1.92. The number of carboxylic acid groups (broad SMARTS) is 1. The lowest BCUT2D eigenvalue weighted by atomic mass is 9.99. The smallest absolute Gasteiger partial charge is 0.303 e. The van der Waals surface area contributed by atoms with Gasteiger partial charge in [-0.1, -0.05) is 66.7 Å². The summed E-state index contributed by atoms with van der Waals surface area (Å²) in [6.07, 6.45) is 5.81. The maximum atomic E-state index is 10.4. The summed E-state index contributed by atoms with van der Waals surface area (Å²) >= 11 is 0. The summed E-state index contributed by atoms with van der Waals surface area (Å²) in [5.41, 5.74) is 3.55. The molecule has 1 N–H and O–H groups in total. The first-order valence-electron chi connectivity index (χ1n) is 6.80. The molecule has 0 atom stereocenters. The van der Waals surface area contributed by atoms with Crippen LogP contribution in [0.25, 0.3) is 17.2 Å². The van der Waals surface area contributed by atoms with Crippen LogP contribution in [0.3, 0.4) is 0 Å². The van der Waals surface area contributed by atoms with Crippen LogP contribution in [0.4, 0.5) is 0 Å². The first-order valence-corrected chi connectivity index (χ1v) is 6.80. The molecule has 2 nitrogen and oxygen atoms in total. The number of carbonyl (C=O) groups is 1. The van der Waals surface area contributed by atoms with Crippen LogP contribution in [0.2, 0.25) is 0 Å². The molecule has 102 valence electrons. The average molecular weight is 266 g/mol. The second kappa shape index (κ2) is 7.29. The van der Waals surface area contributed by atoms with E-state index in [1.54, 1.807) is 0 Å². The molecule has 20 heavy (non-hydrogen) atoms. The molecule has 2 rings (SSSR count). The molecule has 2 heteroatoms. The van der Waals surface area contributed by atoms with E-state index in [-0.39, 0.29) is 6.42 Å². The molecular formula is C18H18O2. The summed E-state index contributed by atoms with van der Waals surface area (Å²) < 4.78 is 0. The van der Waals surface area contributed by atoms with Gasteiger partial charge in [-0.15, -0.1) is 0 Å². The van der Waals surface area contributed by atoms with Gasteiger partial charge >= 0.3 is 5.97 Å². The number of benzene rings is 2. The number of rotatable bonds is 6. The van der Waals surface area contributed by atoms with Gasteiger partial charge in [0.1, 0.15) is 0 Å². The molecule has 0 heterocycles. The van der Waals surface area contributed by atoms with Crippen LogP contribution in [-0.4, -0.2) is 11.1 Å². The van der Waals surface area contributed by atoms with Crippen molar-refractivity contribution in [3.05, 3.63) is 66.2 Å². The highest BCUT2D eigenvalue weighted by atomic mass is 16.4. The van der Waals surface area contributed by atoms with E-state index in [0.29, 0.717) is 6.42 Å². The van der Waals surface area contributed by atoms with Crippen molar-refractivity contribution in [2.45, 2.75) is 19.3 Å². The summed E-state index contributed by atoms with van der Waals surface area (Å²) in [6, 6.07) is 18.5. The standard InChI is InChI=1S/C18H18O2/c19-18(20)14-6-2-5-11-16-12-7-8-13-17(16)15-9-3-1-4-10-15/h1,3-5,7-13H,2,6,14H2,(H,19,20)/b11-5+. The van der Waals surface area contributed by atoms with Gasteiger partial charge in [-0.05, 0) is 29.5 Å². The lowest BCUT2D eigenvalue weighted by molar-refractivity contribution is -0.137. The molecule has 0 saturated carbocycles. The van der Waals surface area contributed by atoms with E-state index in [1.807, 2.05) is 36.4 Å². The second-order valence-electron chi connectivity index (χ2n) is 4.64. The highest BCUT2D eigenvalue weighted by Crippen LogP contribution is 2.24. The molecule has 0 aliphatic carbocycles. The van der Waals surface area contributed by atoms with Crippen molar-refractivity contribution in [1.29, 1.82) is 0 Å². The van der Waals surface area contributed by atoms with Gasteiger partial charge in [0, 0.05) is 6.42 Å². The van der Waals surface area contributed by atoms with Crippen LogP contribution in [0.15, 0.2) is 60.7 Å². The molecular weight excluding hydrogens is 248 g/mol. The van der Waals surface area contributed by atoms with E-state index < -0.39 is 5.97 Å². The molecule has 0 spiro atoms. The van der Waals surface area contributed by atoms with Crippen molar-refractivity contribution >= 4 is 12.0 Å². The number of allylic oxidation sites excluding steroid dienone is 1. The van der Waals surface area contributed by atoms with Gasteiger partial charge < -0.3 is 5.11 Å². The summed E-state index contributed by atoms with van der Waals surface area (Å²) in [7, 11) is 0. The highest BCUT2D eigenvalue weighted by Gasteiger charge is 2.00. The monoisotopic (exact) mass is 266 g/mol. The SMILES string of the molecule is O=C(O)CCC/C=C/c1ccccc1-c1ccccc1. The zero-order valence-electron chi connectivity index (χ0n) is 11.3. The van der Waals surface area contributed by atoms with Crippen molar-refractivity contribution in [1.82, 2.24) is 0 Å². The molecule has 0 radical (unpaired) electrons. The van der Waals surface area contributed by atoms with Crippen molar-refractivity contribution in [2.75, 3.05) is 0 Å². The first-order chi connectivity index (χ1) is 9.77. The zero-order chi connectivity index (χ0) is 14.2. The van der Waals surface area contributed by atoms with Crippen LogP contribution < -0.4 is 0 Å². The normalized spacial score (nSPS) is 10.8. The summed E-state index contributed by atoms with van der Waals surface area (Å²) in [5.74, 6) is -0.733. The van der Waals surface area contributed by atoms with Gasteiger partial charge in [0.05, 0.1) is 0 Å². The van der Waals surface area contributed by atoms with E-state index >= 15 is 0 Å². The van der Waals surface area contributed by atoms with Gasteiger partial charge in [0.2, 0.25) is 0 Å². The molecule has 2 aromatic carbocycles. The van der Waals surface area contributed by atoms with E-state index in [9.17, 15) is 4.79 Å². The molecule has 0 fully saturated rings. The van der Waals surface area contributed by atoms with E-state index in [4.69, 9.17) is 5.11 Å². The van der Waals surface area contributed by atoms with Crippen molar-refractivity contribution < 1.29 is 9.90 Å². The van der Waals surface area contributed by atoms with Crippen LogP contribution in [0.5, 0.6) is 0 Å². The summed E-state index contributed by atoms with van der Waals surface area (Å²) in [6.45, 7) is 0. The van der Waals surface area contributed by atoms with Gasteiger partial charge in [0.15, 0.2) is 0 Å². The van der Waals surface area contributed by atoms with E-state index in [1.165, 1.54) is 11.1 Å². The van der Waals surface area contributed by atoms with Crippen LogP contribution in [0, 0.1) is 0 Å². The molecule has 0 unspecified atom stereocenters. The maximum absolute atomic E-state index is 10.4. The Bertz CT molecular complexity index is 585. The Morgan fingerprint density at radius 2 is 1.70 bits per heavy atom.